The SMILES string of the molecule is C=C(CCCC(C)(C)O)c1cc(O)c(C)cc1OC. The highest BCUT2D eigenvalue weighted by molar-refractivity contribution is 5.71. The van der Waals surface area contributed by atoms with Crippen LogP contribution in [0.4, 0.5) is 0 Å². The van der Waals surface area contributed by atoms with Crippen molar-refractivity contribution in [2.75, 3.05) is 7.11 Å². The highest BCUT2D eigenvalue weighted by Gasteiger charge is 2.14. The summed E-state index contributed by atoms with van der Waals surface area (Å²) in [6.45, 7) is 9.48. The van der Waals surface area contributed by atoms with Crippen molar-refractivity contribution in [2.24, 2.45) is 0 Å². The van der Waals surface area contributed by atoms with Crippen molar-refractivity contribution in [3.63, 3.8) is 0 Å². The van der Waals surface area contributed by atoms with Crippen LogP contribution in [0.2, 0.25) is 0 Å². The zero-order valence-corrected chi connectivity index (χ0v) is 12.3. The van der Waals surface area contributed by atoms with E-state index in [0.717, 1.165) is 35.3 Å². The summed E-state index contributed by atoms with van der Waals surface area (Å²) in [5, 5.41) is 19.5. The Morgan fingerprint density at radius 1 is 1.37 bits per heavy atom. The summed E-state index contributed by atoms with van der Waals surface area (Å²) in [5.74, 6) is 0.975. The maximum atomic E-state index is 9.79. The Kier molecular flexibility index (Phi) is 5.01. The highest BCUT2D eigenvalue weighted by Crippen LogP contribution is 2.34. The van der Waals surface area contributed by atoms with Crippen molar-refractivity contribution >= 4 is 5.57 Å². The van der Waals surface area contributed by atoms with Gasteiger partial charge in [0, 0.05) is 5.56 Å². The van der Waals surface area contributed by atoms with Crippen LogP contribution in [-0.2, 0) is 0 Å². The summed E-state index contributed by atoms with van der Waals surface area (Å²) in [6.07, 6.45) is 2.33. The van der Waals surface area contributed by atoms with Crippen LogP contribution >= 0.6 is 0 Å². The van der Waals surface area contributed by atoms with E-state index in [2.05, 4.69) is 6.58 Å². The summed E-state index contributed by atoms with van der Waals surface area (Å²) in [6, 6.07) is 3.51. The average molecular weight is 264 g/mol. The third-order valence-corrected chi connectivity index (χ3v) is 3.17. The molecule has 1 aromatic rings. The molecular formula is C16H24O3. The Bertz CT molecular complexity index is 456. The predicted molar refractivity (Wildman–Crippen MR) is 78.6 cm³/mol. The van der Waals surface area contributed by atoms with Gasteiger partial charge in [0.1, 0.15) is 11.5 Å². The Morgan fingerprint density at radius 3 is 2.53 bits per heavy atom. The van der Waals surface area contributed by atoms with Gasteiger partial charge in [0.2, 0.25) is 0 Å². The van der Waals surface area contributed by atoms with Gasteiger partial charge < -0.3 is 14.9 Å². The number of phenols is 1. The van der Waals surface area contributed by atoms with E-state index in [1.165, 1.54) is 0 Å². The molecule has 0 spiro atoms. The molecule has 0 aliphatic rings. The molecule has 1 aromatic carbocycles. The lowest BCUT2D eigenvalue weighted by Crippen LogP contribution is -2.17. The summed E-state index contributed by atoms with van der Waals surface area (Å²) in [4.78, 5) is 0. The number of ether oxygens (including phenoxy) is 1. The second-order valence-corrected chi connectivity index (χ2v) is 5.61. The molecule has 0 unspecified atom stereocenters. The van der Waals surface area contributed by atoms with Gasteiger partial charge in [0.15, 0.2) is 0 Å². The van der Waals surface area contributed by atoms with Gasteiger partial charge in [0.25, 0.3) is 0 Å². The fraction of sp³-hybridized carbons (Fsp3) is 0.500. The predicted octanol–water partition coefficient (Wildman–Crippen LogP) is 3.66. The number of rotatable bonds is 6. The molecular weight excluding hydrogens is 240 g/mol. The van der Waals surface area contributed by atoms with Crippen molar-refractivity contribution < 1.29 is 14.9 Å². The van der Waals surface area contributed by atoms with Crippen molar-refractivity contribution in [1.82, 2.24) is 0 Å². The minimum atomic E-state index is -0.653. The second kappa shape index (κ2) is 6.11. The molecule has 0 aromatic heterocycles. The molecule has 0 radical (unpaired) electrons. The number of hydrogen-bond donors (Lipinski definition) is 2. The minimum Gasteiger partial charge on any atom is -0.508 e. The number of aryl methyl sites for hydroxylation is 1. The van der Waals surface area contributed by atoms with Crippen LogP contribution in [0.25, 0.3) is 5.57 Å². The molecule has 0 heterocycles. The Hall–Kier alpha value is -1.48. The fourth-order valence-corrected chi connectivity index (χ4v) is 1.98. The first-order chi connectivity index (χ1) is 8.74. The van der Waals surface area contributed by atoms with Crippen molar-refractivity contribution in [3.05, 3.63) is 29.8 Å². The van der Waals surface area contributed by atoms with E-state index in [9.17, 15) is 10.2 Å². The maximum absolute atomic E-state index is 9.79. The first-order valence-corrected chi connectivity index (χ1v) is 6.52. The maximum Gasteiger partial charge on any atom is 0.126 e. The number of hydrogen-bond acceptors (Lipinski definition) is 3. The Morgan fingerprint density at radius 2 is 2.00 bits per heavy atom. The lowest BCUT2D eigenvalue weighted by molar-refractivity contribution is 0.0693. The zero-order valence-electron chi connectivity index (χ0n) is 12.3. The van der Waals surface area contributed by atoms with Crippen molar-refractivity contribution in [2.45, 2.75) is 45.6 Å². The molecule has 0 saturated carbocycles. The largest absolute Gasteiger partial charge is 0.508 e. The topological polar surface area (TPSA) is 49.7 Å². The van der Waals surface area contributed by atoms with Crippen molar-refractivity contribution in [1.29, 1.82) is 0 Å². The Balaban J connectivity index is 2.79. The molecule has 106 valence electrons. The summed E-state index contributed by atoms with van der Waals surface area (Å²) >= 11 is 0. The number of aromatic hydroxyl groups is 1. The standard InChI is InChI=1S/C16H24O3/c1-11(7-6-8-16(3,4)18)13-10-14(17)12(2)9-15(13)19-5/h9-10,17-18H,1,6-8H2,2-5H3. The molecule has 2 N–H and O–H groups in total. The molecule has 0 saturated heterocycles. The molecule has 3 heteroatoms. The number of benzene rings is 1. The zero-order chi connectivity index (χ0) is 14.6. The highest BCUT2D eigenvalue weighted by atomic mass is 16.5. The van der Waals surface area contributed by atoms with Gasteiger partial charge in [0.05, 0.1) is 12.7 Å². The average Bonchev–Trinajstić information content (AvgIpc) is 2.30. The van der Waals surface area contributed by atoms with Gasteiger partial charge in [-0.05, 0) is 63.3 Å². The summed E-state index contributed by atoms with van der Waals surface area (Å²) in [5.41, 5.74) is 1.88. The van der Waals surface area contributed by atoms with Gasteiger partial charge in [-0.25, -0.2) is 0 Å². The van der Waals surface area contributed by atoms with Gasteiger partial charge in [-0.2, -0.15) is 0 Å². The van der Waals surface area contributed by atoms with E-state index >= 15 is 0 Å². The van der Waals surface area contributed by atoms with Crippen LogP contribution in [-0.4, -0.2) is 22.9 Å². The van der Waals surface area contributed by atoms with Crippen LogP contribution in [0.5, 0.6) is 11.5 Å². The smallest absolute Gasteiger partial charge is 0.126 e. The van der Waals surface area contributed by atoms with Crippen LogP contribution in [0.3, 0.4) is 0 Å². The first-order valence-electron chi connectivity index (χ1n) is 6.52. The lowest BCUT2D eigenvalue weighted by Gasteiger charge is -2.18. The lowest BCUT2D eigenvalue weighted by atomic mass is 9.95. The van der Waals surface area contributed by atoms with E-state index in [0.29, 0.717) is 6.42 Å². The van der Waals surface area contributed by atoms with Crippen LogP contribution in [0.1, 0.15) is 44.2 Å². The van der Waals surface area contributed by atoms with Gasteiger partial charge in [-0.3, -0.25) is 0 Å². The molecule has 3 nitrogen and oxygen atoms in total. The van der Waals surface area contributed by atoms with E-state index in [1.54, 1.807) is 27.0 Å². The molecule has 0 amide bonds. The normalized spacial score (nSPS) is 11.4. The second-order valence-electron chi connectivity index (χ2n) is 5.61. The van der Waals surface area contributed by atoms with Crippen molar-refractivity contribution in [3.8, 4) is 11.5 Å². The number of phenolic OH excluding ortho intramolecular Hbond substituents is 1. The minimum absolute atomic E-state index is 0.249. The van der Waals surface area contributed by atoms with E-state index < -0.39 is 5.60 Å². The van der Waals surface area contributed by atoms with E-state index in [1.807, 2.05) is 13.0 Å². The third kappa shape index (κ3) is 4.60. The summed E-state index contributed by atoms with van der Waals surface area (Å²) < 4.78 is 5.33. The Labute approximate surface area is 115 Å². The quantitative estimate of drug-likeness (QED) is 0.824. The molecule has 0 atom stereocenters. The van der Waals surface area contributed by atoms with Crippen LogP contribution in [0.15, 0.2) is 18.7 Å². The van der Waals surface area contributed by atoms with Gasteiger partial charge >= 0.3 is 0 Å². The van der Waals surface area contributed by atoms with Gasteiger partial charge in [-0.15, -0.1) is 0 Å². The van der Waals surface area contributed by atoms with Crippen LogP contribution < -0.4 is 4.74 Å². The van der Waals surface area contributed by atoms with Gasteiger partial charge in [-0.1, -0.05) is 6.58 Å². The monoisotopic (exact) mass is 264 g/mol. The molecule has 0 fully saturated rings. The van der Waals surface area contributed by atoms with Crippen LogP contribution in [0, 0.1) is 6.92 Å². The number of aliphatic hydroxyl groups is 1. The number of methoxy groups -OCH3 is 1. The van der Waals surface area contributed by atoms with E-state index in [-0.39, 0.29) is 5.75 Å². The number of allylic oxidation sites excluding steroid dienone is 1. The molecule has 0 aliphatic heterocycles. The molecule has 0 bridgehead atoms. The summed E-state index contributed by atoms with van der Waals surface area (Å²) in [7, 11) is 1.61. The van der Waals surface area contributed by atoms with E-state index in [4.69, 9.17) is 4.74 Å². The fourth-order valence-electron chi connectivity index (χ4n) is 1.98. The molecule has 1 rings (SSSR count). The third-order valence-electron chi connectivity index (χ3n) is 3.17. The molecule has 19 heavy (non-hydrogen) atoms. The molecule has 0 aliphatic carbocycles. The first kappa shape index (κ1) is 15.6.